The molecular formula is C65H112O6. The summed E-state index contributed by atoms with van der Waals surface area (Å²) in [5.74, 6) is -0.917. The van der Waals surface area contributed by atoms with E-state index in [1.165, 1.54) is 148 Å². The van der Waals surface area contributed by atoms with Gasteiger partial charge in [0.2, 0.25) is 0 Å². The summed E-state index contributed by atoms with van der Waals surface area (Å²) in [6, 6.07) is 0. The van der Waals surface area contributed by atoms with Crippen LogP contribution in [0.3, 0.4) is 0 Å². The lowest BCUT2D eigenvalue weighted by atomic mass is 10.0. The highest BCUT2D eigenvalue weighted by atomic mass is 16.6. The fourth-order valence-electron chi connectivity index (χ4n) is 8.38. The van der Waals surface area contributed by atoms with E-state index in [9.17, 15) is 14.4 Å². The van der Waals surface area contributed by atoms with Crippen LogP contribution in [0.15, 0.2) is 85.1 Å². The molecule has 0 aliphatic rings. The van der Waals surface area contributed by atoms with Crippen molar-refractivity contribution in [1.29, 1.82) is 0 Å². The molecule has 0 aliphatic heterocycles. The number of ether oxygens (including phenoxy) is 3. The molecule has 0 radical (unpaired) electrons. The highest BCUT2D eigenvalue weighted by Crippen LogP contribution is 2.16. The van der Waals surface area contributed by atoms with Crippen molar-refractivity contribution in [2.24, 2.45) is 0 Å². The Kier molecular flexibility index (Phi) is 56.3. The fourth-order valence-corrected chi connectivity index (χ4v) is 8.38. The van der Waals surface area contributed by atoms with E-state index in [0.717, 1.165) is 103 Å². The first-order chi connectivity index (χ1) is 35.0. The van der Waals surface area contributed by atoms with Crippen LogP contribution in [0.5, 0.6) is 0 Å². The van der Waals surface area contributed by atoms with Crippen LogP contribution in [-0.2, 0) is 28.6 Å². The van der Waals surface area contributed by atoms with E-state index in [4.69, 9.17) is 14.2 Å². The maximum absolute atomic E-state index is 12.9. The van der Waals surface area contributed by atoms with Crippen molar-refractivity contribution >= 4 is 17.9 Å². The molecule has 0 saturated heterocycles. The molecule has 0 fully saturated rings. The Morgan fingerprint density at radius 3 is 0.873 bits per heavy atom. The molecule has 0 aromatic heterocycles. The lowest BCUT2D eigenvalue weighted by Gasteiger charge is -2.18. The zero-order valence-electron chi connectivity index (χ0n) is 46.7. The number of hydrogen-bond donors (Lipinski definition) is 0. The summed E-state index contributed by atoms with van der Waals surface area (Å²) in [6.45, 7) is 6.51. The maximum atomic E-state index is 12.9. The van der Waals surface area contributed by atoms with Gasteiger partial charge < -0.3 is 14.2 Å². The molecule has 0 aliphatic carbocycles. The van der Waals surface area contributed by atoms with Gasteiger partial charge in [-0.3, -0.25) is 14.4 Å². The van der Waals surface area contributed by atoms with Crippen molar-refractivity contribution in [3.05, 3.63) is 85.1 Å². The summed E-state index contributed by atoms with van der Waals surface area (Å²) in [6.07, 6.45) is 77.2. The van der Waals surface area contributed by atoms with E-state index in [0.29, 0.717) is 12.8 Å². The Labute approximate surface area is 439 Å². The molecule has 0 saturated carbocycles. The summed E-state index contributed by atoms with van der Waals surface area (Å²) in [5.41, 5.74) is 0. The van der Waals surface area contributed by atoms with Crippen LogP contribution in [0.1, 0.15) is 290 Å². The average Bonchev–Trinajstić information content (AvgIpc) is 3.37. The Morgan fingerprint density at radius 2 is 0.549 bits per heavy atom. The van der Waals surface area contributed by atoms with E-state index >= 15 is 0 Å². The van der Waals surface area contributed by atoms with Gasteiger partial charge in [0.15, 0.2) is 6.10 Å². The van der Waals surface area contributed by atoms with E-state index in [-0.39, 0.29) is 37.5 Å². The lowest BCUT2D eigenvalue weighted by Crippen LogP contribution is -2.30. The lowest BCUT2D eigenvalue weighted by molar-refractivity contribution is -0.167. The second-order valence-electron chi connectivity index (χ2n) is 19.9. The number of rotatable bonds is 54. The van der Waals surface area contributed by atoms with Gasteiger partial charge in [0.25, 0.3) is 0 Å². The highest BCUT2D eigenvalue weighted by Gasteiger charge is 2.19. The van der Waals surface area contributed by atoms with Gasteiger partial charge >= 0.3 is 17.9 Å². The zero-order chi connectivity index (χ0) is 51.4. The molecule has 0 spiro atoms. The SMILES string of the molecule is CC/C=C\C/C=C\C/C=C\C/C=C\C/C=C\CCCCCC(=O)OC(COC(=O)CCCCCCCCCCC/C=C\C/C=C\CCCCCCC)COC(=O)CCCCCCCCCCCCCCC. The molecule has 6 heteroatoms. The monoisotopic (exact) mass is 989 g/mol. The third-order valence-electron chi connectivity index (χ3n) is 12.9. The Balaban J connectivity index is 4.41. The molecule has 0 N–H and O–H groups in total. The molecule has 6 nitrogen and oxygen atoms in total. The normalized spacial score (nSPS) is 12.7. The molecule has 0 rings (SSSR count). The minimum absolute atomic E-state index is 0.0893. The van der Waals surface area contributed by atoms with Crippen molar-refractivity contribution in [2.45, 2.75) is 297 Å². The van der Waals surface area contributed by atoms with Crippen molar-refractivity contribution in [3.63, 3.8) is 0 Å². The standard InChI is InChI=1S/C65H112O6/c1-4-7-10-13-16-19-22-25-27-29-31-32-34-35-37-40-43-46-49-52-55-58-64(67)70-61-62(60-69-63(66)57-54-51-48-45-42-39-24-21-18-15-12-9-6-3)71-65(68)59-56-53-50-47-44-41-38-36-33-30-28-26-23-20-17-14-11-8-5-2/h8,11,17,20,22,25-26,28-29,31,33,36,41,44,62H,4-7,9-10,12-16,18-19,21,23-24,27,30,32,34-35,37-40,42-43,45-61H2,1-3H3/b11-8-,20-17-,25-22-,28-26-,31-29-,36-33-,44-41-. The van der Waals surface area contributed by atoms with Crippen LogP contribution in [-0.4, -0.2) is 37.2 Å². The molecule has 71 heavy (non-hydrogen) atoms. The van der Waals surface area contributed by atoms with Gasteiger partial charge in [-0.05, 0) is 96.3 Å². The maximum Gasteiger partial charge on any atom is 0.306 e. The van der Waals surface area contributed by atoms with Crippen LogP contribution < -0.4 is 0 Å². The van der Waals surface area contributed by atoms with Crippen molar-refractivity contribution in [1.82, 2.24) is 0 Å². The minimum atomic E-state index is -0.795. The van der Waals surface area contributed by atoms with Crippen LogP contribution in [0.4, 0.5) is 0 Å². The predicted molar refractivity (Wildman–Crippen MR) is 307 cm³/mol. The summed E-state index contributed by atoms with van der Waals surface area (Å²) in [5, 5.41) is 0. The van der Waals surface area contributed by atoms with Gasteiger partial charge in [-0.2, -0.15) is 0 Å². The quantitative estimate of drug-likeness (QED) is 0.0261. The topological polar surface area (TPSA) is 78.9 Å². The van der Waals surface area contributed by atoms with Crippen molar-refractivity contribution < 1.29 is 28.6 Å². The third kappa shape index (κ3) is 57.4. The van der Waals surface area contributed by atoms with Gasteiger partial charge in [-0.25, -0.2) is 0 Å². The summed E-state index contributed by atoms with van der Waals surface area (Å²) in [4.78, 5) is 38.2. The van der Waals surface area contributed by atoms with Gasteiger partial charge in [0.05, 0.1) is 0 Å². The van der Waals surface area contributed by atoms with E-state index in [1.54, 1.807) is 0 Å². The number of carbonyl (C=O) groups excluding carboxylic acids is 3. The van der Waals surface area contributed by atoms with Crippen LogP contribution in [0.25, 0.3) is 0 Å². The summed E-state index contributed by atoms with van der Waals surface area (Å²) in [7, 11) is 0. The highest BCUT2D eigenvalue weighted by molar-refractivity contribution is 5.71. The van der Waals surface area contributed by atoms with Crippen molar-refractivity contribution in [2.75, 3.05) is 13.2 Å². The Hall–Kier alpha value is -3.41. The molecule has 0 aromatic carbocycles. The van der Waals surface area contributed by atoms with Crippen molar-refractivity contribution in [3.8, 4) is 0 Å². The van der Waals surface area contributed by atoms with Crippen LogP contribution >= 0.6 is 0 Å². The second kappa shape index (κ2) is 59.2. The molecule has 0 amide bonds. The first kappa shape index (κ1) is 67.6. The second-order valence-corrected chi connectivity index (χ2v) is 19.9. The van der Waals surface area contributed by atoms with E-state index < -0.39 is 6.10 Å². The molecule has 0 heterocycles. The first-order valence-electron chi connectivity index (χ1n) is 30.1. The molecule has 0 aromatic rings. The Bertz CT molecular complexity index is 1370. The fraction of sp³-hybridized carbons (Fsp3) is 0.738. The number of allylic oxidation sites excluding steroid dienone is 14. The molecule has 1 atom stereocenters. The average molecular weight is 990 g/mol. The number of hydrogen-bond acceptors (Lipinski definition) is 6. The molecular weight excluding hydrogens is 877 g/mol. The first-order valence-corrected chi connectivity index (χ1v) is 30.1. The van der Waals surface area contributed by atoms with Gasteiger partial charge in [-0.1, -0.05) is 260 Å². The summed E-state index contributed by atoms with van der Waals surface area (Å²) >= 11 is 0. The van der Waals surface area contributed by atoms with Crippen LogP contribution in [0, 0.1) is 0 Å². The predicted octanol–water partition coefficient (Wildman–Crippen LogP) is 20.3. The van der Waals surface area contributed by atoms with E-state index in [1.807, 2.05) is 0 Å². The Morgan fingerprint density at radius 1 is 0.296 bits per heavy atom. The largest absolute Gasteiger partial charge is 0.462 e. The zero-order valence-corrected chi connectivity index (χ0v) is 46.7. The minimum Gasteiger partial charge on any atom is -0.462 e. The smallest absolute Gasteiger partial charge is 0.306 e. The third-order valence-corrected chi connectivity index (χ3v) is 12.9. The number of carbonyl (C=O) groups is 3. The van der Waals surface area contributed by atoms with Crippen LogP contribution in [0.2, 0.25) is 0 Å². The van der Waals surface area contributed by atoms with Gasteiger partial charge in [0.1, 0.15) is 13.2 Å². The number of unbranched alkanes of at least 4 members (excludes halogenated alkanes) is 29. The molecule has 1 unspecified atom stereocenters. The molecule has 0 bridgehead atoms. The number of esters is 3. The van der Waals surface area contributed by atoms with E-state index in [2.05, 4.69) is 106 Å². The van der Waals surface area contributed by atoms with Gasteiger partial charge in [0, 0.05) is 19.3 Å². The van der Waals surface area contributed by atoms with Gasteiger partial charge in [-0.15, -0.1) is 0 Å². The molecule has 408 valence electrons. The summed E-state index contributed by atoms with van der Waals surface area (Å²) < 4.78 is 16.9.